The number of aliphatic hydroxyl groups excluding tert-OH is 16. The monoisotopic (exact) mass is 1200 g/mol. The molecule has 1 saturated carbocycles. The number of hydrogen-bond donors (Lipinski definition) is 18. The van der Waals surface area contributed by atoms with E-state index in [2.05, 4.69) is 0 Å². The molecule has 6 heterocycles. The maximum absolute atomic E-state index is 13.1. The van der Waals surface area contributed by atoms with Crippen LogP contribution in [-0.4, -0.2) is 326 Å². The van der Waals surface area contributed by atoms with Crippen molar-refractivity contribution >= 4 is 15.6 Å². The van der Waals surface area contributed by atoms with Crippen molar-refractivity contribution in [3.8, 4) is 0 Å². The minimum absolute atomic E-state index is 0.135. The molecule has 79 heavy (non-hydrogen) atoms. The van der Waals surface area contributed by atoms with Gasteiger partial charge in [-0.15, -0.1) is 0 Å². The van der Waals surface area contributed by atoms with E-state index in [0.717, 1.165) is 14.2 Å². The molecular weight excluding hydrogens is 1130 g/mol. The van der Waals surface area contributed by atoms with Crippen molar-refractivity contribution < 1.29 is 165 Å². The smallest absolute Gasteiger partial charge is 0.394 e. The molecule has 7 rings (SSSR count). The number of aliphatic hydroxyl groups is 16. The number of rotatable bonds is 22. The minimum atomic E-state index is -4.42. The Bertz CT molecular complexity index is 2010. The van der Waals surface area contributed by atoms with Crippen molar-refractivity contribution in [2.24, 2.45) is 17.4 Å². The van der Waals surface area contributed by atoms with Crippen molar-refractivity contribution in [2.75, 3.05) is 60.4 Å². The summed E-state index contributed by atoms with van der Waals surface area (Å²) >= 11 is 0. The zero-order chi connectivity index (χ0) is 58.2. The van der Waals surface area contributed by atoms with Gasteiger partial charge in [0, 0.05) is 26.7 Å². The lowest BCUT2D eigenvalue weighted by molar-refractivity contribution is -0.396. The number of ether oxygens (including phenoxy) is 10. The Balaban J connectivity index is 1.08. The number of hydrogen-bond acceptors (Lipinski definition) is 36. The summed E-state index contributed by atoms with van der Waals surface area (Å²) < 4.78 is 115. The summed E-state index contributed by atoms with van der Waals surface area (Å²) in [4.78, 5) is 0. The molecule has 0 aromatic rings. The summed E-state index contributed by atoms with van der Waals surface area (Å²) in [5, 5.41) is 174. The molecule has 7 fully saturated rings. The van der Waals surface area contributed by atoms with Crippen LogP contribution in [0.5, 0.6) is 0 Å². The van der Waals surface area contributed by atoms with Crippen LogP contribution in [0.1, 0.15) is 6.92 Å². The molecule has 0 aromatic heterocycles. The van der Waals surface area contributed by atoms with Crippen LogP contribution in [0.25, 0.3) is 0 Å². The molecule has 33 atom stereocenters. The predicted octanol–water partition coefficient (Wildman–Crippen LogP) is -10.9. The van der Waals surface area contributed by atoms with Crippen LogP contribution in [0.4, 0.5) is 0 Å². The molecule has 7 aliphatic rings. The normalized spacial score (nSPS) is 51.4. The lowest BCUT2D eigenvalue weighted by Gasteiger charge is -2.49. The van der Waals surface area contributed by atoms with Crippen molar-refractivity contribution in [1.82, 2.24) is 0 Å². The molecule has 0 radical (unpaired) electrons. The largest absolute Gasteiger partial charge is 0.475 e. The summed E-state index contributed by atoms with van der Waals surface area (Å²) in [6.07, 6.45) is -54.3. The van der Waals surface area contributed by atoms with Crippen LogP contribution in [0, 0.1) is 5.92 Å². The number of fused-ring (bicyclic) bond motifs is 1. The zero-order valence-electron chi connectivity index (χ0n) is 42.4. The lowest BCUT2D eigenvalue weighted by Crippen LogP contribution is -2.68. The Morgan fingerprint density at radius 2 is 0.937 bits per heavy atom. The average molecular weight is 1200 g/mol. The minimum Gasteiger partial charge on any atom is -0.394 e. The molecule has 0 bridgehead atoms. The molecule has 462 valence electrons. The molecule has 38 heteroatoms. The summed E-state index contributed by atoms with van der Waals surface area (Å²) in [5.74, 6) is -0.978. The van der Waals surface area contributed by atoms with E-state index in [9.17, 15) is 90.8 Å². The van der Waals surface area contributed by atoms with Gasteiger partial charge in [-0.1, -0.05) is 6.92 Å². The van der Waals surface area contributed by atoms with Crippen molar-refractivity contribution in [1.29, 1.82) is 0 Å². The molecule has 36 nitrogen and oxygen atoms in total. The second kappa shape index (κ2) is 27.6. The van der Waals surface area contributed by atoms with Crippen molar-refractivity contribution in [3.05, 3.63) is 0 Å². The maximum Gasteiger partial charge on any atom is 0.475 e. The van der Waals surface area contributed by atoms with Crippen LogP contribution < -0.4 is 11.5 Å². The number of nitrogens with two attached hydrogens (primary N) is 2. The standard InChI is InChI=1S/C41H74N2O34P2/c1-11-18(47)32(36-33(19(11)48)76-79(61,63-3)77-36)73-37-17(43)24(53)31(14(8-46)69-37)72-39-30(59)26(55)22(51)15(70-39)9-64-40-34(27(56)21(50)13(7-45)68-40)75-41-35(74-38-29(58)25(54)20(49)12(6-44)67-38)28(57)23(52)16(71-41)10-66-78(60,62-2)65-5-4-42/h11-41,44-59H,4-10,42-43H2,1-3H3. The Morgan fingerprint density at radius 1 is 0.481 bits per heavy atom. The molecule has 0 aromatic carbocycles. The Kier molecular flexibility index (Phi) is 23.0. The third kappa shape index (κ3) is 13.9. The highest BCUT2D eigenvalue weighted by Crippen LogP contribution is 2.60. The highest BCUT2D eigenvalue weighted by atomic mass is 31.2. The van der Waals surface area contributed by atoms with E-state index in [0.29, 0.717) is 0 Å². The molecule has 1 aliphatic carbocycles. The van der Waals surface area contributed by atoms with Gasteiger partial charge >= 0.3 is 15.6 Å². The van der Waals surface area contributed by atoms with E-state index in [1.54, 1.807) is 0 Å². The first kappa shape index (κ1) is 65.6. The van der Waals surface area contributed by atoms with Gasteiger partial charge in [0.2, 0.25) is 0 Å². The molecule has 0 amide bonds. The second-order valence-corrected chi connectivity index (χ2v) is 23.1. The first-order chi connectivity index (χ1) is 37.3. The number of phosphoric acid groups is 2. The summed E-state index contributed by atoms with van der Waals surface area (Å²) in [6, 6.07) is -1.63. The van der Waals surface area contributed by atoms with E-state index in [1.807, 2.05) is 0 Å². The van der Waals surface area contributed by atoms with Crippen LogP contribution in [-0.2, 0) is 83.6 Å². The van der Waals surface area contributed by atoms with Gasteiger partial charge in [-0.05, 0) is 0 Å². The third-order valence-corrected chi connectivity index (χ3v) is 17.4. The van der Waals surface area contributed by atoms with Crippen LogP contribution in [0.3, 0.4) is 0 Å². The van der Waals surface area contributed by atoms with Gasteiger partial charge in [0.1, 0.15) is 134 Å². The summed E-state index contributed by atoms with van der Waals surface area (Å²) in [6.45, 7) is -3.76. The quantitative estimate of drug-likeness (QED) is 0.0448. The van der Waals surface area contributed by atoms with Gasteiger partial charge < -0.3 is 141 Å². The first-order valence-electron chi connectivity index (χ1n) is 24.9. The van der Waals surface area contributed by atoms with E-state index in [4.69, 9.17) is 86.0 Å². The van der Waals surface area contributed by atoms with Gasteiger partial charge in [-0.2, -0.15) is 0 Å². The summed E-state index contributed by atoms with van der Waals surface area (Å²) in [5.41, 5.74) is 11.8. The Morgan fingerprint density at radius 3 is 1.51 bits per heavy atom. The van der Waals surface area contributed by atoms with E-state index >= 15 is 0 Å². The van der Waals surface area contributed by atoms with Crippen LogP contribution >= 0.6 is 15.6 Å². The SMILES string of the molecule is COP(=O)(OCCN)OCC1OC(OC2C(OCC3OC(OC4C(CO)OC(OC5C(O)C(C)C(O)C6OP(=O)(OC)OC56)C(N)C4O)C(O)C(O)C3O)OC(CO)C(O)C2O)C(OC2OC(CO)C(O)C(O)C2O)C(O)C1O. The topological polar surface area (TPSA) is 558 Å². The van der Waals surface area contributed by atoms with E-state index in [1.165, 1.54) is 6.92 Å². The van der Waals surface area contributed by atoms with Gasteiger partial charge in [0.25, 0.3) is 0 Å². The fourth-order valence-corrected chi connectivity index (χ4v) is 12.1. The average Bonchev–Trinajstić information content (AvgIpc) is 3.95. The van der Waals surface area contributed by atoms with Gasteiger partial charge in [0.15, 0.2) is 31.5 Å². The first-order valence-corrected chi connectivity index (χ1v) is 27.8. The third-order valence-electron chi connectivity index (χ3n) is 14.6. The highest BCUT2D eigenvalue weighted by molar-refractivity contribution is 7.48. The van der Waals surface area contributed by atoms with Gasteiger partial charge in [0.05, 0.1) is 57.9 Å². The van der Waals surface area contributed by atoms with E-state index in [-0.39, 0.29) is 13.2 Å². The van der Waals surface area contributed by atoms with Gasteiger partial charge in [-0.25, -0.2) is 9.13 Å². The maximum atomic E-state index is 13.1. The molecule has 6 aliphatic heterocycles. The predicted molar refractivity (Wildman–Crippen MR) is 245 cm³/mol. The molecule has 20 N–H and O–H groups in total. The highest BCUT2D eigenvalue weighted by Gasteiger charge is 2.62. The molecule has 33 unspecified atom stereocenters. The Labute approximate surface area is 449 Å². The van der Waals surface area contributed by atoms with Crippen LogP contribution in [0.15, 0.2) is 0 Å². The fraction of sp³-hybridized carbons (Fsp3) is 1.00. The lowest BCUT2D eigenvalue weighted by atomic mass is 9.79. The Hall–Kier alpha value is -0.900. The van der Waals surface area contributed by atoms with E-state index < -0.39 is 239 Å². The zero-order valence-corrected chi connectivity index (χ0v) is 44.2. The van der Waals surface area contributed by atoms with Gasteiger partial charge in [-0.3, -0.25) is 27.1 Å². The number of phosphoric ester groups is 2. The van der Waals surface area contributed by atoms with Crippen LogP contribution in [0.2, 0.25) is 0 Å². The molecular formula is C41H74N2O34P2. The summed E-state index contributed by atoms with van der Waals surface area (Å²) in [7, 11) is -6.68. The van der Waals surface area contributed by atoms with Crippen molar-refractivity contribution in [2.45, 2.75) is 191 Å². The molecule has 6 saturated heterocycles. The fourth-order valence-electron chi connectivity index (χ4n) is 9.82. The second-order valence-electron chi connectivity index (χ2n) is 19.6. The molecule has 0 spiro atoms. The van der Waals surface area contributed by atoms with Crippen molar-refractivity contribution in [3.63, 3.8) is 0 Å².